The molecule has 1 atom stereocenters. The van der Waals surface area contributed by atoms with Gasteiger partial charge in [-0.2, -0.15) is 0 Å². The van der Waals surface area contributed by atoms with Crippen molar-refractivity contribution in [2.24, 2.45) is 5.92 Å². The molecular weight excluding hydrogens is 232 g/mol. The Labute approximate surface area is 115 Å². The number of nitrogens with zero attached hydrogens (tertiary/aromatic N) is 2. The molecule has 0 spiro atoms. The highest BCUT2D eigenvalue weighted by Gasteiger charge is 2.18. The summed E-state index contributed by atoms with van der Waals surface area (Å²) in [5, 5.41) is 0. The standard InChI is InChI=1S/C17H20N2/c1-14-8-10-19(12-14)13-15-4-6-16(7-5-15)17-3-2-9-18-11-17/h2-7,9,11,14H,8,10,12-13H2,1H3/t14-/m1/s1. The summed E-state index contributed by atoms with van der Waals surface area (Å²) in [4.78, 5) is 6.71. The van der Waals surface area contributed by atoms with E-state index in [4.69, 9.17) is 0 Å². The molecular formula is C17H20N2. The van der Waals surface area contributed by atoms with Crippen molar-refractivity contribution in [1.29, 1.82) is 0 Å². The number of pyridine rings is 1. The molecule has 2 nitrogen and oxygen atoms in total. The molecule has 1 saturated heterocycles. The Morgan fingerprint density at radius 3 is 2.63 bits per heavy atom. The van der Waals surface area contributed by atoms with Gasteiger partial charge in [-0.15, -0.1) is 0 Å². The van der Waals surface area contributed by atoms with Crippen LogP contribution in [0.1, 0.15) is 18.9 Å². The van der Waals surface area contributed by atoms with Gasteiger partial charge in [0.05, 0.1) is 0 Å². The molecule has 2 aromatic rings. The summed E-state index contributed by atoms with van der Waals surface area (Å²) in [5.74, 6) is 0.856. The first-order valence-electron chi connectivity index (χ1n) is 7.03. The largest absolute Gasteiger partial charge is 0.299 e. The smallest absolute Gasteiger partial charge is 0.0346 e. The second kappa shape index (κ2) is 5.54. The molecule has 0 bridgehead atoms. The van der Waals surface area contributed by atoms with Gasteiger partial charge in [0.15, 0.2) is 0 Å². The van der Waals surface area contributed by atoms with Gasteiger partial charge in [0.25, 0.3) is 0 Å². The van der Waals surface area contributed by atoms with Crippen molar-refractivity contribution in [2.75, 3.05) is 13.1 Å². The van der Waals surface area contributed by atoms with E-state index in [0.717, 1.165) is 12.5 Å². The second-order valence-corrected chi connectivity index (χ2v) is 5.57. The number of hydrogen-bond donors (Lipinski definition) is 0. The topological polar surface area (TPSA) is 16.1 Å². The zero-order chi connectivity index (χ0) is 13.1. The lowest BCUT2D eigenvalue weighted by molar-refractivity contribution is 0.320. The van der Waals surface area contributed by atoms with Crippen LogP contribution in [0.5, 0.6) is 0 Å². The van der Waals surface area contributed by atoms with Crippen LogP contribution in [0.2, 0.25) is 0 Å². The molecule has 0 aliphatic carbocycles. The third-order valence-corrected chi connectivity index (χ3v) is 3.86. The van der Waals surface area contributed by atoms with E-state index < -0.39 is 0 Å². The van der Waals surface area contributed by atoms with E-state index in [1.54, 1.807) is 0 Å². The van der Waals surface area contributed by atoms with E-state index in [-0.39, 0.29) is 0 Å². The molecule has 0 saturated carbocycles. The summed E-state index contributed by atoms with van der Waals surface area (Å²) in [6.07, 6.45) is 5.07. The Bertz CT molecular complexity index is 519. The maximum absolute atomic E-state index is 4.17. The minimum absolute atomic E-state index is 0.856. The molecule has 0 radical (unpaired) electrons. The Morgan fingerprint density at radius 1 is 1.16 bits per heavy atom. The molecule has 2 heteroatoms. The van der Waals surface area contributed by atoms with E-state index in [2.05, 4.69) is 47.1 Å². The van der Waals surface area contributed by atoms with Gasteiger partial charge in [-0.25, -0.2) is 0 Å². The van der Waals surface area contributed by atoms with Crippen LogP contribution < -0.4 is 0 Å². The fraction of sp³-hybridized carbons (Fsp3) is 0.353. The van der Waals surface area contributed by atoms with E-state index in [1.165, 1.54) is 36.2 Å². The number of rotatable bonds is 3. The van der Waals surface area contributed by atoms with Gasteiger partial charge in [-0.1, -0.05) is 37.3 Å². The van der Waals surface area contributed by atoms with Gasteiger partial charge >= 0.3 is 0 Å². The van der Waals surface area contributed by atoms with Gasteiger partial charge in [0, 0.05) is 25.5 Å². The molecule has 1 aromatic carbocycles. The molecule has 1 aliphatic rings. The van der Waals surface area contributed by atoms with Crippen LogP contribution in [0, 0.1) is 5.92 Å². The van der Waals surface area contributed by atoms with Crippen LogP contribution in [-0.4, -0.2) is 23.0 Å². The van der Waals surface area contributed by atoms with Crippen LogP contribution in [-0.2, 0) is 6.54 Å². The van der Waals surface area contributed by atoms with Gasteiger partial charge in [-0.05, 0) is 41.6 Å². The molecule has 19 heavy (non-hydrogen) atoms. The van der Waals surface area contributed by atoms with Crippen LogP contribution in [0.3, 0.4) is 0 Å². The summed E-state index contributed by atoms with van der Waals surface area (Å²) in [6.45, 7) is 5.90. The lowest BCUT2D eigenvalue weighted by atomic mass is 10.1. The maximum atomic E-state index is 4.17. The Kier molecular flexibility index (Phi) is 3.60. The monoisotopic (exact) mass is 252 g/mol. The first-order valence-corrected chi connectivity index (χ1v) is 7.03. The summed E-state index contributed by atoms with van der Waals surface area (Å²) in [7, 11) is 0. The highest BCUT2D eigenvalue weighted by Crippen LogP contribution is 2.21. The molecule has 98 valence electrons. The van der Waals surface area contributed by atoms with Crippen molar-refractivity contribution < 1.29 is 0 Å². The van der Waals surface area contributed by atoms with Crippen molar-refractivity contribution in [3.05, 3.63) is 54.4 Å². The summed E-state index contributed by atoms with van der Waals surface area (Å²) < 4.78 is 0. The summed E-state index contributed by atoms with van der Waals surface area (Å²) in [6, 6.07) is 13.0. The molecule has 1 aromatic heterocycles. The van der Waals surface area contributed by atoms with Crippen molar-refractivity contribution in [2.45, 2.75) is 19.9 Å². The highest BCUT2D eigenvalue weighted by atomic mass is 15.1. The van der Waals surface area contributed by atoms with Crippen LogP contribution in [0.15, 0.2) is 48.8 Å². The zero-order valence-electron chi connectivity index (χ0n) is 11.4. The van der Waals surface area contributed by atoms with Crippen molar-refractivity contribution in [1.82, 2.24) is 9.88 Å². The lowest BCUT2D eigenvalue weighted by Gasteiger charge is -2.15. The third kappa shape index (κ3) is 3.02. The average Bonchev–Trinajstić information content (AvgIpc) is 2.86. The van der Waals surface area contributed by atoms with E-state index in [9.17, 15) is 0 Å². The van der Waals surface area contributed by atoms with Crippen LogP contribution >= 0.6 is 0 Å². The number of hydrogen-bond acceptors (Lipinski definition) is 2. The van der Waals surface area contributed by atoms with Gasteiger partial charge < -0.3 is 0 Å². The fourth-order valence-corrected chi connectivity index (χ4v) is 2.76. The third-order valence-electron chi connectivity index (χ3n) is 3.86. The zero-order valence-corrected chi connectivity index (χ0v) is 11.4. The molecule has 0 N–H and O–H groups in total. The van der Waals surface area contributed by atoms with E-state index in [0.29, 0.717) is 0 Å². The van der Waals surface area contributed by atoms with Crippen LogP contribution in [0.25, 0.3) is 11.1 Å². The number of benzene rings is 1. The minimum Gasteiger partial charge on any atom is -0.299 e. The van der Waals surface area contributed by atoms with Gasteiger partial charge in [0.2, 0.25) is 0 Å². The van der Waals surface area contributed by atoms with Crippen molar-refractivity contribution >= 4 is 0 Å². The van der Waals surface area contributed by atoms with Gasteiger partial charge in [0.1, 0.15) is 0 Å². The summed E-state index contributed by atoms with van der Waals surface area (Å²) >= 11 is 0. The Hall–Kier alpha value is -1.67. The molecule has 1 aliphatic heterocycles. The molecule has 0 amide bonds. The molecule has 1 fully saturated rings. The second-order valence-electron chi connectivity index (χ2n) is 5.57. The number of likely N-dealkylation sites (tertiary alicyclic amines) is 1. The predicted molar refractivity (Wildman–Crippen MR) is 78.7 cm³/mol. The van der Waals surface area contributed by atoms with E-state index >= 15 is 0 Å². The van der Waals surface area contributed by atoms with Crippen LogP contribution in [0.4, 0.5) is 0 Å². The van der Waals surface area contributed by atoms with Crippen molar-refractivity contribution in [3.63, 3.8) is 0 Å². The van der Waals surface area contributed by atoms with Gasteiger partial charge in [-0.3, -0.25) is 9.88 Å². The lowest BCUT2D eigenvalue weighted by Crippen LogP contribution is -2.19. The average molecular weight is 252 g/mol. The minimum atomic E-state index is 0.856. The predicted octanol–water partition coefficient (Wildman–Crippen LogP) is 3.59. The first-order chi connectivity index (χ1) is 9.31. The quantitative estimate of drug-likeness (QED) is 0.830. The van der Waals surface area contributed by atoms with E-state index in [1.807, 2.05) is 18.5 Å². The maximum Gasteiger partial charge on any atom is 0.0346 e. The first kappa shape index (κ1) is 12.4. The molecule has 3 rings (SSSR count). The van der Waals surface area contributed by atoms with Crippen molar-refractivity contribution in [3.8, 4) is 11.1 Å². The number of aromatic nitrogens is 1. The SMILES string of the molecule is C[C@@H]1CCN(Cc2ccc(-c3cccnc3)cc2)C1. The Morgan fingerprint density at radius 2 is 2.00 bits per heavy atom. The fourth-order valence-electron chi connectivity index (χ4n) is 2.76. The highest BCUT2D eigenvalue weighted by molar-refractivity contribution is 5.62. The summed E-state index contributed by atoms with van der Waals surface area (Å²) in [5.41, 5.74) is 3.83. The normalized spacial score (nSPS) is 19.7. The molecule has 0 unspecified atom stereocenters. The molecule has 2 heterocycles. The Balaban J connectivity index is 1.69.